The third-order valence-corrected chi connectivity index (χ3v) is 4.14. The normalized spacial score (nSPS) is 14.9. The van der Waals surface area contributed by atoms with Crippen LogP contribution in [0, 0.1) is 11.6 Å². The van der Waals surface area contributed by atoms with Crippen LogP contribution in [-0.4, -0.2) is 26.0 Å². The number of amides is 1. The molecule has 0 radical (unpaired) electrons. The summed E-state index contributed by atoms with van der Waals surface area (Å²) < 4.78 is 26.6. The Morgan fingerprint density at radius 1 is 1.12 bits per heavy atom. The van der Waals surface area contributed by atoms with Gasteiger partial charge in [-0.05, 0) is 24.3 Å². The van der Waals surface area contributed by atoms with Crippen LogP contribution in [0.3, 0.4) is 0 Å². The second-order valence-electron chi connectivity index (χ2n) is 5.71. The summed E-state index contributed by atoms with van der Waals surface area (Å²) in [5.41, 5.74) is 2.17. The lowest BCUT2D eigenvalue weighted by Gasteiger charge is -2.24. The number of carbonyl (C=O) groups is 1. The maximum atomic E-state index is 13.7. The van der Waals surface area contributed by atoms with E-state index in [2.05, 4.69) is 4.90 Å². The Kier molecular flexibility index (Phi) is 4.60. The van der Waals surface area contributed by atoms with Crippen molar-refractivity contribution >= 4 is 23.4 Å². The van der Waals surface area contributed by atoms with E-state index in [4.69, 9.17) is 0 Å². The summed E-state index contributed by atoms with van der Waals surface area (Å²) in [6.07, 6.45) is 3.88. The number of nitrogens with zero attached hydrogens (tertiary/aromatic N) is 2. The Morgan fingerprint density at radius 3 is 2.62 bits per heavy atom. The molecule has 0 N–H and O–H groups in total. The molecule has 0 atom stereocenters. The smallest absolute Gasteiger partial charge is 0.228 e. The number of halogens is 2. The van der Waals surface area contributed by atoms with Gasteiger partial charge in [0.2, 0.25) is 5.91 Å². The van der Waals surface area contributed by atoms with Gasteiger partial charge in [0.05, 0.1) is 11.4 Å². The van der Waals surface area contributed by atoms with Crippen molar-refractivity contribution in [2.75, 3.05) is 29.9 Å². The highest BCUT2D eigenvalue weighted by atomic mass is 19.1. The minimum Gasteiger partial charge on any atom is -0.366 e. The quantitative estimate of drug-likeness (QED) is 0.854. The molecule has 0 unspecified atom stereocenters. The van der Waals surface area contributed by atoms with Crippen LogP contribution < -0.4 is 9.80 Å². The number of rotatable bonds is 3. The summed E-state index contributed by atoms with van der Waals surface area (Å²) in [5.74, 6) is -1.11. The highest BCUT2D eigenvalue weighted by Gasteiger charge is 2.22. The van der Waals surface area contributed by atoms with Crippen LogP contribution in [0.25, 0.3) is 6.08 Å². The highest BCUT2D eigenvalue weighted by Crippen LogP contribution is 2.31. The highest BCUT2D eigenvalue weighted by molar-refractivity contribution is 5.98. The summed E-state index contributed by atoms with van der Waals surface area (Å²) in [4.78, 5) is 15.8. The minimum atomic E-state index is -0.590. The molecule has 0 saturated heterocycles. The fourth-order valence-electron chi connectivity index (χ4n) is 2.80. The van der Waals surface area contributed by atoms with Crippen molar-refractivity contribution in [3.63, 3.8) is 0 Å². The summed E-state index contributed by atoms with van der Waals surface area (Å²) >= 11 is 0. The number of hydrogen-bond donors (Lipinski definition) is 0. The van der Waals surface area contributed by atoms with Crippen molar-refractivity contribution in [3.05, 3.63) is 65.7 Å². The molecule has 0 aliphatic carbocycles. The van der Waals surface area contributed by atoms with E-state index in [0.717, 1.165) is 17.4 Å². The van der Waals surface area contributed by atoms with Gasteiger partial charge in [0.25, 0.3) is 0 Å². The number of carbonyl (C=O) groups excluding carboxylic acids is 1. The Labute approximate surface area is 139 Å². The Bertz CT molecular complexity index is 789. The van der Waals surface area contributed by atoms with Crippen molar-refractivity contribution in [3.8, 4) is 0 Å². The molecular formula is C19H18F2N2O. The summed E-state index contributed by atoms with van der Waals surface area (Å²) in [6.45, 7) is 1.13. The van der Waals surface area contributed by atoms with Crippen LogP contribution in [0.2, 0.25) is 0 Å². The van der Waals surface area contributed by atoms with Crippen molar-refractivity contribution in [1.82, 2.24) is 0 Å². The Hall–Kier alpha value is -2.69. The predicted molar refractivity (Wildman–Crippen MR) is 92.1 cm³/mol. The van der Waals surface area contributed by atoms with Gasteiger partial charge in [-0.15, -0.1) is 0 Å². The molecule has 1 heterocycles. The molecule has 24 heavy (non-hydrogen) atoms. The predicted octanol–water partition coefficient (Wildman–Crippen LogP) is 3.85. The second-order valence-corrected chi connectivity index (χ2v) is 5.71. The molecule has 5 heteroatoms. The van der Waals surface area contributed by atoms with Crippen LogP contribution in [0.5, 0.6) is 0 Å². The molecule has 0 aromatic heterocycles. The van der Waals surface area contributed by atoms with Crippen molar-refractivity contribution < 1.29 is 13.6 Å². The number of benzene rings is 2. The van der Waals surface area contributed by atoms with Crippen LogP contribution in [0.1, 0.15) is 12.0 Å². The lowest BCUT2D eigenvalue weighted by molar-refractivity contribution is -0.118. The van der Waals surface area contributed by atoms with Gasteiger partial charge in [-0.2, -0.15) is 0 Å². The van der Waals surface area contributed by atoms with Gasteiger partial charge in [0.1, 0.15) is 11.6 Å². The van der Waals surface area contributed by atoms with Crippen molar-refractivity contribution in [1.29, 1.82) is 0 Å². The average Bonchev–Trinajstić information content (AvgIpc) is 2.69. The van der Waals surface area contributed by atoms with E-state index in [9.17, 15) is 13.6 Å². The van der Waals surface area contributed by atoms with Crippen LogP contribution in [-0.2, 0) is 4.79 Å². The van der Waals surface area contributed by atoms with E-state index in [0.29, 0.717) is 25.1 Å². The fraction of sp³-hybridized carbons (Fsp3) is 0.211. The molecular weight excluding hydrogens is 310 g/mol. The van der Waals surface area contributed by atoms with E-state index in [1.807, 2.05) is 30.3 Å². The largest absolute Gasteiger partial charge is 0.366 e. The average molecular weight is 328 g/mol. The van der Waals surface area contributed by atoms with Gasteiger partial charge in [0, 0.05) is 38.2 Å². The zero-order chi connectivity index (χ0) is 17.1. The van der Waals surface area contributed by atoms with Crippen LogP contribution >= 0.6 is 0 Å². The third-order valence-electron chi connectivity index (χ3n) is 4.14. The topological polar surface area (TPSA) is 23.6 Å². The molecule has 0 bridgehead atoms. The van der Waals surface area contributed by atoms with Crippen molar-refractivity contribution in [2.45, 2.75) is 6.42 Å². The molecule has 2 aromatic carbocycles. The molecule has 124 valence electrons. The molecule has 1 aliphatic heterocycles. The minimum absolute atomic E-state index is 0.0681. The van der Waals surface area contributed by atoms with Gasteiger partial charge in [-0.3, -0.25) is 4.79 Å². The van der Waals surface area contributed by atoms with Gasteiger partial charge >= 0.3 is 0 Å². The molecule has 1 aliphatic rings. The summed E-state index contributed by atoms with van der Waals surface area (Å²) in [6, 6.07) is 11.2. The van der Waals surface area contributed by atoms with Gasteiger partial charge < -0.3 is 9.80 Å². The fourth-order valence-corrected chi connectivity index (χ4v) is 2.80. The van der Waals surface area contributed by atoms with E-state index >= 15 is 0 Å². The summed E-state index contributed by atoms with van der Waals surface area (Å²) in [5, 5.41) is 0. The number of anilines is 2. The number of fused-ring (bicyclic) bond motifs is 1. The lowest BCUT2D eigenvalue weighted by Crippen LogP contribution is -2.26. The molecule has 0 fully saturated rings. The van der Waals surface area contributed by atoms with E-state index in [1.54, 1.807) is 18.0 Å². The molecule has 0 saturated carbocycles. The zero-order valence-corrected chi connectivity index (χ0v) is 13.4. The van der Waals surface area contributed by atoms with Gasteiger partial charge in [-0.25, -0.2) is 8.78 Å². The monoisotopic (exact) mass is 328 g/mol. The van der Waals surface area contributed by atoms with Crippen molar-refractivity contribution in [2.24, 2.45) is 0 Å². The molecule has 0 spiro atoms. The third kappa shape index (κ3) is 3.30. The van der Waals surface area contributed by atoms with Gasteiger partial charge in [0.15, 0.2) is 0 Å². The number of hydrogen-bond acceptors (Lipinski definition) is 2. The van der Waals surface area contributed by atoms with E-state index in [1.165, 1.54) is 12.1 Å². The standard InChI is InChI=1S/C19H18F2N2O/c1-22-17-6-2-3-7-18(17)23(12-10-19(22)24)11-4-5-14-8-9-15(20)13-16(14)21/h2-9,13H,10-12H2,1H3. The first kappa shape index (κ1) is 16.2. The zero-order valence-electron chi connectivity index (χ0n) is 13.4. The van der Waals surface area contributed by atoms with Gasteiger partial charge in [-0.1, -0.05) is 24.3 Å². The Balaban J connectivity index is 1.81. The molecule has 3 nitrogen and oxygen atoms in total. The van der Waals surface area contributed by atoms with E-state index < -0.39 is 11.6 Å². The maximum Gasteiger partial charge on any atom is 0.228 e. The number of para-hydroxylation sites is 2. The molecule has 3 rings (SSSR count). The first-order chi connectivity index (χ1) is 11.6. The SMILES string of the molecule is CN1C(=O)CCN(CC=Cc2ccc(F)cc2F)c2ccccc21. The maximum absolute atomic E-state index is 13.7. The van der Waals surface area contributed by atoms with E-state index in [-0.39, 0.29) is 5.91 Å². The molecule has 1 amide bonds. The first-order valence-electron chi connectivity index (χ1n) is 7.78. The summed E-state index contributed by atoms with van der Waals surface area (Å²) in [7, 11) is 1.77. The van der Waals surface area contributed by atoms with Crippen LogP contribution in [0.4, 0.5) is 20.2 Å². The lowest BCUT2D eigenvalue weighted by atomic mass is 10.2. The first-order valence-corrected chi connectivity index (χ1v) is 7.78. The van der Waals surface area contributed by atoms with Crippen LogP contribution in [0.15, 0.2) is 48.5 Å². The second kappa shape index (κ2) is 6.83. The molecule has 2 aromatic rings. The Morgan fingerprint density at radius 2 is 1.88 bits per heavy atom.